The van der Waals surface area contributed by atoms with E-state index in [0.717, 1.165) is 11.1 Å². The lowest BCUT2D eigenvalue weighted by Crippen LogP contribution is -2.29. The first kappa shape index (κ1) is 19.7. The van der Waals surface area contributed by atoms with Crippen molar-refractivity contribution < 1.29 is 4.79 Å². The van der Waals surface area contributed by atoms with Crippen LogP contribution in [0.25, 0.3) is 10.8 Å². The van der Waals surface area contributed by atoms with Gasteiger partial charge in [-0.1, -0.05) is 60.7 Å². The van der Waals surface area contributed by atoms with Crippen LogP contribution < -0.4 is 11.0 Å². The van der Waals surface area contributed by atoms with Crippen molar-refractivity contribution in [2.75, 3.05) is 0 Å². The molecule has 0 spiro atoms. The van der Waals surface area contributed by atoms with Gasteiger partial charge in [0.1, 0.15) is 0 Å². The van der Waals surface area contributed by atoms with E-state index in [-0.39, 0.29) is 17.8 Å². The van der Waals surface area contributed by atoms with E-state index >= 15 is 0 Å². The predicted molar refractivity (Wildman–Crippen MR) is 118 cm³/mol. The summed E-state index contributed by atoms with van der Waals surface area (Å²) in [4.78, 5) is 25.7. The van der Waals surface area contributed by atoms with Crippen LogP contribution in [0, 0.1) is 11.3 Å². The number of fused-ring (bicyclic) bond motifs is 1. The number of aromatic nitrogens is 2. The summed E-state index contributed by atoms with van der Waals surface area (Å²) in [6.07, 6.45) is 1.47. The molecule has 1 heterocycles. The second kappa shape index (κ2) is 8.84. The normalized spacial score (nSPS) is 10.8. The largest absolute Gasteiger partial charge is 0.292 e. The minimum atomic E-state index is -0.525. The number of hydrazone groups is 1. The third-order valence-corrected chi connectivity index (χ3v) is 4.68. The molecule has 7 heteroatoms. The molecular formula is C24H17N5O2. The molecule has 1 aromatic heterocycles. The number of amides is 1. The van der Waals surface area contributed by atoms with Gasteiger partial charge >= 0.3 is 0 Å². The highest BCUT2D eigenvalue weighted by Crippen LogP contribution is 2.14. The molecule has 0 bridgehead atoms. The molecule has 0 unspecified atom stereocenters. The summed E-state index contributed by atoms with van der Waals surface area (Å²) in [6.45, 7) is 0.249. The van der Waals surface area contributed by atoms with Crippen molar-refractivity contribution in [3.05, 3.63) is 112 Å². The summed E-state index contributed by atoms with van der Waals surface area (Å²) in [7, 11) is 0. The third-order valence-electron chi connectivity index (χ3n) is 4.68. The number of benzene rings is 3. The third kappa shape index (κ3) is 4.38. The van der Waals surface area contributed by atoms with E-state index in [1.165, 1.54) is 10.9 Å². The summed E-state index contributed by atoms with van der Waals surface area (Å²) in [5, 5.41) is 18.0. The lowest BCUT2D eigenvalue weighted by Gasteiger charge is -2.10. The van der Waals surface area contributed by atoms with E-state index in [4.69, 9.17) is 5.26 Å². The molecule has 7 nitrogen and oxygen atoms in total. The van der Waals surface area contributed by atoms with E-state index in [2.05, 4.69) is 15.6 Å². The van der Waals surface area contributed by atoms with Crippen LogP contribution in [-0.2, 0) is 6.54 Å². The maximum atomic E-state index is 12.9. The molecule has 0 aliphatic carbocycles. The predicted octanol–water partition coefficient (Wildman–Crippen LogP) is 3.08. The summed E-state index contributed by atoms with van der Waals surface area (Å²) in [5.41, 5.74) is 4.48. The van der Waals surface area contributed by atoms with Crippen molar-refractivity contribution in [3.63, 3.8) is 0 Å². The average molecular weight is 407 g/mol. The van der Waals surface area contributed by atoms with Gasteiger partial charge in [-0.2, -0.15) is 15.5 Å². The molecule has 3 aromatic carbocycles. The maximum Gasteiger partial charge on any atom is 0.292 e. The van der Waals surface area contributed by atoms with Crippen LogP contribution in [0.3, 0.4) is 0 Å². The Hall–Kier alpha value is -4.57. The first-order valence-electron chi connectivity index (χ1n) is 9.53. The van der Waals surface area contributed by atoms with Gasteiger partial charge in [-0.3, -0.25) is 9.59 Å². The average Bonchev–Trinajstić information content (AvgIpc) is 2.82. The van der Waals surface area contributed by atoms with Crippen LogP contribution >= 0.6 is 0 Å². The summed E-state index contributed by atoms with van der Waals surface area (Å²) in [6, 6.07) is 25.1. The van der Waals surface area contributed by atoms with Gasteiger partial charge in [0, 0.05) is 5.39 Å². The zero-order chi connectivity index (χ0) is 21.6. The second-order valence-corrected chi connectivity index (χ2v) is 6.78. The quantitative estimate of drug-likeness (QED) is 0.406. The minimum absolute atomic E-state index is 0.114. The number of carbonyl (C=O) groups excluding carboxylic acids is 1. The fraction of sp³-hybridized carbons (Fsp3) is 0.0417. The number of nitriles is 1. The van der Waals surface area contributed by atoms with Crippen LogP contribution in [0.5, 0.6) is 0 Å². The van der Waals surface area contributed by atoms with E-state index in [1.54, 1.807) is 48.5 Å². The van der Waals surface area contributed by atoms with Gasteiger partial charge < -0.3 is 0 Å². The molecule has 0 fully saturated rings. The highest BCUT2D eigenvalue weighted by atomic mass is 16.2. The van der Waals surface area contributed by atoms with Crippen molar-refractivity contribution in [1.82, 2.24) is 15.2 Å². The van der Waals surface area contributed by atoms with Crippen molar-refractivity contribution in [2.24, 2.45) is 5.10 Å². The fourth-order valence-electron chi connectivity index (χ4n) is 3.13. The van der Waals surface area contributed by atoms with E-state index in [0.29, 0.717) is 16.3 Å². The van der Waals surface area contributed by atoms with Gasteiger partial charge in [0.15, 0.2) is 5.69 Å². The van der Waals surface area contributed by atoms with Crippen LogP contribution in [-0.4, -0.2) is 21.9 Å². The summed E-state index contributed by atoms with van der Waals surface area (Å²) >= 11 is 0. The number of hydrogen-bond acceptors (Lipinski definition) is 5. The molecule has 31 heavy (non-hydrogen) atoms. The second-order valence-electron chi connectivity index (χ2n) is 6.78. The van der Waals surface area contributed by atoms with E-state index in [1.807, 2.05) is 36.4 Å². The van der Waals surface area contributed by atoms with Gasteiger partial charge in [-0.25, -0.2) is 10.1 Å². The monoisotopic (exact) mass is 407 g/mol. The number of rotatable bonds is 5. The Kier molecular flexibility index (Phi) is 5.63. The number of nitrogens with zero attached hydrogens (tertiary/aromatic N) is 4. The van der Waals surface area contributed by atoms with Gasteiger partial charge in [0.05, 0.1) is 29.8 Å². The van der Waals surface area contributed by atoms with Crippen LogP contribution in [0.15, 0.2) is 88.8 Å². The smallest absolute Gasteiger partial charge is 0.267 e. The highest BCUT2D eigenvalue weighted by molar-refractivity contribution is 6.04. The topological polar surface area (TPSA) is 100 Å². The van der Waals surface area contributed by atoms with E-state index in [9.17, 15) is 9.59 Å². The number of nitrogens with one attached hydrogen (secondary N) is 1. The summed E-state index contributed by atoms with van der Waals surface area (Å²) in [5.74, 6) is -0.525. The maximum absolute atomic E-state index is 12.9. The Morgan fingerprint density at radius 3 is 2.39 bits per heavy atom. The van der Waals surface area contributed by atoms with Gasteiger partial charge in [0.25, 0.3) is 11.5 Å². The van der Waals surface area contributed by atoms with Crippen molar-refractivity contribution in [1.29, 1.82) is 5.26 Å². The fourth-order valence-corrected chi connectivity index (χ4v) is 3.13. The van der Waals surface area contributed by atoms with Gasteiger partial charge in [-0.05, 0) is 29.3 Å². The SMILES string of the molecule is N#Cc1ccc(C=NNC(=O)c2nn(Cc3ccccc3)c(=O)c3ccccc23)cc1. The lowest BCUT2D eigenvalue weighted by molar-refractivity contribution is 0.0949. The highest BCUT2D eigenvalue weighted by Gasteiger charge is 2.16. The molecule has 4 aromatic rings. The molecule has 0 radical (unpaired) electrons. The number of carbonyl (C=O) groups is 1. The Morgan fingerprint density at radius 2 is 1.68 bits per heavy atom. The van der Waals surface area contributed by atoms with Gasteiger partial charge in [-0.15, -0.1) is 0 Å². The van der Waals surface area contributed by atoms with Crippen molar-refractivity contribution in [2.45, 2.75) is 6.54 Å². The Labute approximate surface area is 177 Å². The molecule has 1 amide bonds. The molecule has 4 rings (SSSR count). The Balaban J connectivity index is 1.64. The molecule has 0 atom stereocenters. The molecular weight excluding hydrogens is 390 g/mol. The zero-order valence-corrected chi connectivity index (χ0v) is 16.4. The summed E-state index contributed by atoms with van der Waals surface area (Å²) < 4.78 is 1.29. The van der Waals surface area contributed by atoms with Crippen LogP contribution in [0.1, 0.15) is 27.2 Å². The minimum Gasteiger partial charge on any atom is -0.267 e. The molecule has 150 valence electrons. The number of hydrogen-bond donors (Lipinski definition) is 1. The molecule has 0 aliphatic rings. The zero-order valence-electron chi connectivity index (χ0n) is 16.4. The standard InChI is InChI=1S/C24H17N5O2/c25-14-17-10-12-18(13-11-17)15-26-27-23(30)22-20-8-4-5-9-21(20)24(31)29(28-22)16-19-6-2-1-3-7-19/h1-13,15H,16H2,(H,27,30). The molecule has 1 N–H and O–H groups in total. The first-order chi connectivity index (χ1) is 15.2. The lowest BCUT2D eigenvalue weighted by atomic mass is 10.1. The van der Waals surface area contributed by atoms with E-state index < -0.39 is 5.91 Å². The van der Waals surface area contributed by atoms with Crippen molar-refractivity contribution >= 4 is 22.9 Å². The molecule has 0 aliphatic heterocycles. The van der Waals surface area contributed by atoms with Crippen LogP contribution in [0.4, 0.5) is 0 Å². The van der Waals surface area contributed by atoms with Gasteiger partial charge in [0.2, 0.25) is 0 Å². The first-order valence-corrected chi connectivity index (χ1v) is 9.53. The Morgan fingerprint density at radius 1 is 1.00 bits per heavy atom. The van der Waals surface area contributed by atoms with Crippen molar-refractivity contribution in [3.8, 4) is 6.07 Å². The molecule has 0 saturated carbocycles. The van der Waals surface area contributed by atoms with Crippen LogP contribution in [0.2, 0.25) is 0 Å². The molecule has 0 saturated heterocycles. The Bertz CT molecular complexity index is 1370.